The molecule has 0 bridgehead atoms. The quantitative estimate of drug-likeness (QED) is 0.801. The molecule has 0 saturated heterocycles. The predicted molar refractivity (Wildman–Crippen MR) is 62.9 cm³/mol. The van der Waals surface area contributed by atoms with Crippen LogP contribution < -0.4 is 5.32 Å². The molecule has 0 aliphatic rings. The van der Waals surface area contributed by atoms with Gasteiger partial charge in [0.15, 0.2) is 0 Å². The zero-order chi connectivity index (χ0) is 10.7. The summed E-state index contributed by atoms with van der Waals surface area (Å²) in [5.74, 6) is 0.865. The van der Waals surface area contributed by atoms with E-state index < -0.39 is 0 Å². The van der Waals surface area contributed by atoms with Crippen molar-refractivity contribution >= 4 is 5.82 Å². The normalized spacial score (nSPS) is 10.3. The number of aromatic amines is 1. The highest BCUT2D eigenvalue weighted by Crippen LogP contribution is 2.19. The maximum absolute atomic E-state index is 4.12. The summed E-state index contributed by atoms with van der Waals surface area (Å²) in [4.78, 5) is 0. The number of nitrogens with one attached hydrogen (secondary N) is 2. The van der Waals surface area contributed by atoms with E-state index in [1.54, 1.807) is 0 Å². The van der Waals surface area contributed by atoms with Crippen LogP contribution in [0.25, 0.3) is 11.3 Å². The highest BCUT2D eigenvalue weighted by molar-refractivity contribution is 5.62. The van der Waals surface area contributed by atoms with E-state index in [0.717, 1.165) is 17.9 Å². The number of anilines is 1. The number of aryl methyl sites for hydroxylation is 1. The lowest BCUT2D eigenvalue weighted by Gasteiger charge is -1.99. The molecule has 0 radical (unpaired) electrons. The van der Waals surface area contributed by atoms with Gasteiger partial charge in [-0.05, 0) is 17.5 Å². The van der Waals surface area contributed by atoms with Crippen molar-refractivity contribution in [1.29, 1.82) is 0 Å². The fraction of sp³-hybridized carbons (Fsp3) is 0.250. The monoisotopic (exact) mass is 201 g/mol. The first-order valence-electron chi connectivity index (χ1n) is 5.16. The fourth-order valence-electron chi connectivity index (χ4n) is 1.52. The summed E-state index contributed by atoms with van der Waals surface area (Å²) in [5, 5.41) is 10.1. The Hall–Kier alpha value is -1.77. The van der Waals surface area contributed by atoms with Crippen LogP contribution in [0.2, 0.25) is 0 Å². The minimum atomic E-state index is 0.865. The molecule has 0 unspecified atom stereocenters. The summed E-state index contributed by atoms with van der Waals surface area (Å²) < 4.78 is 0. The first kappa shape index (κ1) is 9.77. The smallest absolute Gasteiger partial charge is 0.148 e. The van der Waals surface area contributed by atoms with Crippen molar-refractivity contribution in [2.45, 2.75) is 13.3 Å². The summed E-state index contributed by atoms with van der Waals surface area (Å²) >= 11 is 0. The van der Waals surface area contributed by atoms with Gasteiger partial charge in [-0.1, -0.05) is 31.2 Å². The van der Waals surface area contributed by atoms with Gasteiger partial charge in [0.05, 0.1) is 5.69 Å². The third-order valence-corrected chi connectivity index (χ3v) is 2.51. The van der Waals surface area contributed by atoms with Crippen molar-refractivity contribution in [3.05, 3.63) is 35.9 Å². The number of H-pyrrole nitrogens is 1. The molecule has 0 amide bonds. The van der Waals surface area contributed by atoms with E-state index in [9.17, 15) is 0 Å². The van der Waals surface area contributed by atoms with Gasteiger partial charge >= 0.3 is 0 Å². The maximum Gasteiger partial charge on any atom is 0.148 e. The van der Waals surface area contributed by atoms with Crippen LogP contribution in [0, 0.1) is 0 Å². The Kier molecular flexibility index (Phi) is 2.72. The molecule has 0 fully saturated rings. The van der Waals surface area contributed by atoms with E-state index in [4.69, 9.17) is 0 Å². The zero-order valence-corrected chi connectivity index (χ0v) is 9.04. The number of hydrogen-bond donors (Lipinski definition) is 2. The standard InChI is InChI=1S/C12H15N3/c1-3-9-4-6-10(7-5-9)11-8-12(13-2)15-14-11/h4-8H,3H2,1-2H3,(H2,13,14,15). The Morgan fingerprint density at radius 1 is 1.27 bits per heavy atom. The van der Waals surface area contributed by atoms with Crippen molar-refractivity contribution in [2.75, 3.05) is 12.4 Å². The van der Waals surface area contributed by atoms with Crippen molar-refractivity contribution in [3.63, 3.8) is 0 Å². The number of hydrogen-bond acceptors (Lipinski definition) is 2. The molecule has 0 saturated carbocycles. The minimum absolute atomic E-state index is 0.865. The third-order valence-electron chi connectivity index (χ3n) is 2.51. The molecular formula is C12H15N3. The van der Waals surface area contributed by atoms with E-state index in [-0.39, 0.29) is 0 Å². The Bertz CT molecular complexity index is 428. The predicted octanol–water partition coefficient (Wildman–Crippen LogP) is 2.68. The summed E-state index contributed by atoms with van der Waals surface area (Å²) in [6, 6.07) is 10.5. The molecule has 0 spiro atoms. The highest BCUT2D eigenvalue weighted by Gasteiger charge is 2.01. The Labute approximate surface area is 89.5 Å². The second-order valence-corrected chi connectivity index (χ2v) is 3.47. The molecule has 15 heavy (non-hydrogen) atoms. The number of aromatic nitrogens is 2. The SMILES string of the molecule is CCc1ccc(-c2cc(NC)n[nH]2)cc1. The van der Waals surface area contributed by atoms with Gasteiger partial charge in [-0.15, -0.1) is 0 Å². The van der Waals surface area contributed by atoms with Gasteiger partial charge in [-0.3, -0.25) is 5.10 Å². The van der Waals surface area contributed by atoms with Gasteiger partial charge in [0.2, 0.25) is 0 Å². The molecule has 0 aliphatic heterocycles. The Balaban J connectivity index is 2.28. The molecular weight excluding hydrogens is 186 g/mol. The Morgan fingerprint density at radius 2 is 2.00 bits per heavy atom. The Morgan fingerprint density at radius 3 is 2.53 bits per heavy atom. The van der Waals surface area contributed by atoms with Gasteiger partial charge < -0.3 is 5.32 Å². The fourth-order valence-corrected chi connectivity index (χ4v) is 1.52. The van der Waals surface area contributed by atoms with Crippen molar-refractivity contribution in [3.8, 4) is 11.3 Å². The van der Waals surface area contributed by atoms with E-state index in [2.05, 4.69) is 46.7 Å². The molecule has 1 heterocycles. The van der Waals surface area contributed by atoms with Gasteiger partial charge in [0, 0.05) is 13.1 Å². The van der Waals surface area contributed by atoms with E-state index in [1.807, 2.05) is 13.1 Å². The topological polar surface area (TPSA) is 40.7 Å². The lowest BCUT2D eigenvalue weighted by Crippen LogP contribution is -1.85. The summed E-state index contributed by atoms with van der Waals surface area (Å²) in [6.07, 6.45) is 1.07. The van der Waals surface area contributed by atoms with Crippen LogP contribution in [0.15, 0.2) is 30.3 Å². The van der Waals surface area contributed by atoms with Crippen LogP contribution in [-0.4, -0.2) is 17.2 Å². The maximum atomic E-state index is 4.12. The largest absolute Gasteiger partial charge is 0.372 e. The van der Waals surface area contributed by atoms with E-state index in [0.29, 0.717) is 0 Å². The average molecular weight is 201 g/mol. The lowest BCUT2D eigenvalue weighted by atomic mass is 10.1. The van der Waals surface area contributed by atoms with Gasteiger partial charge in [-0.2, -0.15) is 5.10 Å². The molecule has 3 nitrogen and oxygen atoms in total. The molecule has 1 aromatic carbocycles. The molecule has 3 heteroatoms. The van der Waals surface area contributed by atoms with Gasteiger partial charge in [-0.25, -0.2) is 0 Å². The second-order valence-electron chi connectivity index (χ2n) is 3.47. The van der Waals surface area contributed by atoms with Crippen LogP contribution in [0.5, 0.6) is 0 Å². The van der Waals surface area contributed by atoms with Crippen LogP contribution in [-0.2, 0) is 6.42 Å². The van der Waals surface area contributed by atoms with Crippen molar-refractivity contribution in [2.24, 2.45) is 0 Å². The number of rotatable bonds is 3. The summed E-state index contributed by atoms with van der Waals surface area (Å²) in [6.45, 7) is 2.16. The molecule has 0 atom stereocenters. The molecule has 2 N–H and O–H groups in total. The first-order valence-corrected chi connectivity index (χ1v) is 5.16. The summed E-state index contributed by atoms with van der Waals surface area (Å²) in [7, 11) is 1.86. The zero-order valence-electron chi connectivity index (χ0n) is 9.04. The van der Waals surface area contributed by atoms with Gasteiger partial charge in [0.25, 0.3) is 0 Å². The first-order chi connectivity index (χ1) is 7.33. The third kappa shape index (κ3) is 2.01. The van der Waals surface area contributed by atoms with Crippen LogP contribution >= 0.6 is 0 Å². The summed E-state index contributed by atoms with van der Waals surface area (Å²) in [5.41, 5.74) is 3.57. The average Bonchev–Trinajstić information content (AvgIpc) is 2.78. The number of nitrogens with zero attached hydrogens (tertiary/aromatic N) is 1. The molecule has 2 aromatic rings. The lowest BCUT2D eigenvalue weighted by molar-refractivity contribution is 1.09. The van der Waals surface area contributed by atoms with Gasteiger partial charge in [0.1, 0.15) is 5.82 Å². The van der Waals surface area contributed by atoms with E-state index in [1.165, 1.54) is 11.1 Å². The molecule has 78 valence electrons. The van der Waals surface area contributed by atoms with Crippen molar-refractivity contribution < 1.29 is 0 Å². The van der Waals surface area contributed by atoms with Crippen LogP contribution in [0.4, 0.5) is 5.82 Å². The second kappa shape index (κ2) is 4.17. The molecule has 2 rings (SSSR count). The number of benzene rings is 1. The van der Waals surface area contributed by atoms with Crippen LogP contribution in [0.1, 0.15) is 12.5 Å². The molecule has 0 aliphatic carbocycles. The van der Waals surface area contributed by atoms with E-state index >= 15 is 0 Å². The molecule has 1 aromatic heterocycles. The highest BCUT2D eigenvalue weighted by atomic mass is 15.2. The minimum Gasteiger partial charge on any atom is -0.372 e. The van der Waals surface area contributed by atoms with Crippen molar-refractivity contribution in [1.82, 2.24) is 10.2 Å². The van der Waals surface area contributed by atoms with Crippen LogP contribution in [0.3, 0.4) is 0 Å².